The SMILES string of the molecule is COc1cccc(C#N)c1NC(=O)[C@H]1CCCNC1. The maximum Gasteiger partial charge on any atom is 0.228 e. The predicted octanol–water partition coefficient (Wildman–Crippen LogP) is 1.50. The van der Waals surface area contributed by atoms with Crippen molar-refractivity contribution in [1.29, 1.82) is 5.26 Å². The number of benzene rings is 1. The van der Waals surface area contributed by atoms with Gasteiger partial charge in [-0.15, -0.1) is 0 Å². The zero-order chi connectivity index (χ0) is 13.7. The Bertz CT molecular complexity index is 502. The number of ether oxygens (including phenoxy) is 1. The molecule has 1 aliphatic rings. The van der Waals surface area contributed by atoms with E-state index in [9.17, 15) is 4.79 Å². The molecule has 19 heavy (non-hydrogen) atoms. The number of rotatable bonds is 3. The van der Waals surface area contributed by atoms with Crippen LogP contribution < -0.4 is 15.4 Å². The molecule has 1 amide bonds. The maximum absolute atomic E-state index is 12.2. The van der Waals surface area contributed by atoms with Gasteiger partial charge in [0.15, 0.2) is 0 Å². The summed E-state index contributed by atoms with van der Waals surface area (Å²) >= 11 is 0. The van der Waals surface area contributed by atoms with Gasteiger partial charge in [-0.1, -0.05) is 6.07 Å². The smallest absolute Gasteiger partial charge is 0.228 e. The van der Waals surface area contributed by atoms with Gasteiger partial charge in [0.2, 0.25) is 5.91 Å². The number of carbonyl (C=O) groups is 1. The normalized spacial score (nSPS) is 18.4. The Kier molecular flexibility index (Phi) is 4.37. The van der Waals surface area contributed by atoms with Crippen molar-refractivity contribution in [3.8, 4) is 11.8 Å². The molecule has 0 spiro atoms. The van der Waals surface area contributed by atoms with Gasteiger partial charge >= 0.3 is 0 Å². The summed E-state index contributed by atoms with van der Waals surface area (Å²) in [5, 5.41) is 15.1. The maximum atomic E-state index is 12.2. The number of hydrogen-bond donors (Lipinski definition) is 2. The monoisotopic (exact) mass is 259 g/mol. The van der Waals surface area contributed by atoms with Crippen LogP contribution in [-0.4, -0.2) is 26.1 Å². The summed E-state index contributed by atoms with van der Waals surface area (Å²) in [7, 11) is 1.52. The molecular weight excluding hydrogens is 242 g/mol. The molecule has 5 nitrogen and oxygen atoms in total. The van der Waals surface area contributed by atoms with Crippen LogP contribution in [0.2, 0.25) is 0 Å². The number of methoxy groups -OCH3 is 1. The van der Waals surface area contributed by atoms with Crippen molar-refractivity contribution in [1.82, 2.24) is 5.32 Å². The summed E-state index contributed by atoms with van der Waals surface area (Å²) in [5.41, 5.74) is 0.875. The quantitative estimate of drug-likeness (QED) is 0.862. The largest absolute Gasteiger partial charge is 0.495 e. The van der Waals surface area contributed by atoms with Gasteiger partial charge < -0.3 is 15.4 Å². The number of anilines is 1. The molecule has 1 heterocycles. The zero-order valence-corrected chi connectivity index (χ0v) is 10.9. The average Bonchev–Trinajstić information content (AvgIpc) is 2.48. The predicted molar refractivity (Wildman–Crippen MR) is 71.9 cm³/mol. The van der Waals surface area contributed by atoms with Gasteiger partial charge in [0, 0.05) is 6.54 Å². The number of piperidine rings is 1. The van der Waals surface area contributed by atoms with E-state index < -0.39 is 0 Å². The highest BCUT2D eigenvalue weighted by Crippen LogP contribution is 2.28. The van der Waals surface area contributed by atoms with Crippen LogP contribution in [0, 0.1) is 17.2 Å². The number of amides is 1. The van der Waals surface area contributed by atoms with E-state index in [-0.39, 0.29) is 11.8 Å². The van der Waals surface area contributed by atoms with E-state index in [1.54, 1.807) is 18.2 Å². The molecule has 0 saturated carbocycles. The highest BCUT2D eigenvalue weighted by atomic mass is 16.5. The molecule has 5 heteroatoms. The van der Waals surface area contributed by atoms with Crippen LogP contribution in [0.5, 0.6) is 5.75 Å². The lowest BCUT2D eigenvalue weighted by Crippen LogP contribution is -2.37. The van der Waals surface area contributed by atoms with Gasteiger partial charge in [0.25, 0.3) is 0 Å². The number of hydrogen-bond acceptors (Lipinski definition) is 4. The zero-order valence-electron chi connectivity index (χ0n) is 10.9. The minimum absolute atomic E-state index is 0.0507. The fourth-order valence-corrected chi connectivity index (χ4v) is 2.22. The first kappa shape index (κ1) is 13.4. The van der Waals surface area contributed by atoms with Crippen LogP contribution in [0.15, 0.2) is 18.2 Å². The molecule has 2 N–H and O–H groups in total. The molecular formula is C14H17N3O2. The van der Waals surface area contributed by atoms with E-state index in [4.69, 9.17) is 10.00 Å². The fraction of sp³-hybridized carbons (Fsp3) is 0.429. The van der Waals surface area contributed by atoms with Crippen molar-refractivity contribution in [2.45, 2.75) is 12.8 Å². The number of para-hydroxylation sites is 1. The minimum atomic E-state index is -0.0619. The third-order valence-corrected chi connectivity index (χ3v) is 3.28. The number of nitriles is 1. The molecule has 0 bridgehead atoms. The fourth-order valence-electron chi connectivity index (χ4n) is 2.22. The molecule has 1 aliphatic heterocycles. The Morgan fingerprint density at radius 3 is 3.05 bits per heavy atom. The van der Waals surface area contributed by atoms with Gasteiger partial charge in [-0.2, -0.15) is 5.26 Å². The van der Waals surface area contributed by atoms with Crippen LogP contribution >= 0.6 is 0 Å². The molecule has 2 rings (SSSR count). The Morgan fingerprint density at radius 1 is 1.58 bits per heavy atom. The minimum Gasteiger partial charge on any atom is -0.495 e. The highest BCUT2D eigenvalue weighted by molar-refractivity contribution is 5.95. The van der Waals surface area contributed by atoms with Crippen molar-refractivity contribution < 1.29 is 9.53 Å². The van der Waals surface area contributed by atoms with Gasteiger partial charge in [0.05, 0.1) is 18.6 Å². The lowest BCUT2D eigenvalue weighted by Gasteiger charge is -2.22. The Hall–Kier alpha value is -2.06. The molecule has 0 radical (unpaired) electrons. The Morgan fingerprint density at radius 2 is 2.42 bits per heavy atom. The second-order valence-electron chi connectivity index (χ2n) is 4.53. The molecule has 0 unspecified atom stereocenters. The molecule has 1 saturated heterocycles. The Labute approximate surface area is 112 Å². The lowest BCUT2D eigenvalue weighted by atomic mass is 9.98. The van der Waals surface area contributed by atoms with E-state index in [0.717, 1.165) is 19.4 Å². The molecule has 1 atom stereocenters. The van der Waals surface area contributed by atoms with E-state index >= 15 is 0 Å². The average molecular weight is 259 g/mol. The van der Waals surface area contributed by atoms with Crippen LogP contribution in [0.4, 0.5) is 5.69 Å². The first-order valence-electron chi connectivity index (χ1n) is 6.35. The second-order valence-corrected chi connectivity index (χ2v) is 4.53. The molecule has 0 aliphatic carbocycles. The second kappa shape index (κ2) is 6.21. The Balaban J connectivity index is 2.18. The van der Waals surface area contributed by atoms with Gasteiger partial charge in [-0.05, 0) is 31.5 Å². The molecule has 1 aromatic carbocycles. The molecule has 0 aromatic heterocycles. The summed E-state index contributed by atoms with van der Waals surface area (Å²) in [6, 6.07) is 7.20. The molecule has 1 aromatic rings. The van der Waals surface area contributed by atoms with E-state index in [1.807, 2.05) is 0 Å². The summed E-state index contributed by atoms with van der Waals surface area (Å²) in [5.74, 6) is 0.398. The van der Waals surface area contributed by atoms with E-state index in [2.05, 4.69) is 16.7 Å². The van der Waals surface area contributed by atoms with Crippen molar-refractivity contribution in [3.63, 3.8) is 0 Å². The van der Waals surface area contributed by atoms with Crippen LogP contribution in [0.25, 0.3) is 0 Å². The highest BCUT2D eigenvalue weighted by Gasteiger charge is 2.22. The van der Waals surface area contributed by atoms with Crippen molar-refractivity contribution in [2.75, 3.05) is 25.5 Å². The van der Waals surface area contributed by atoms with Gasteiger partial charge in [-0.25, -0.2) is 0 Å². The number of carbonyl (C=O) groups excluding carboxylic acids is 1. The van der Waals surface area contributed by atoms with Crippen molar-refractivity contribution in [2.24, 2.45) is 5.92 Å². The van der Waals surface area contributed by atoms with Gasteiger partial charge in [0.1, 0.15) is 17.5 Å². The third-order valence-electron chi connectivity index (χ3n) is 3.28. The topological polar surface area (TPSA) is 74.1 Å². The number of nitrogens with zero attached hydrogens (tertiary/aromatic N) is 1. The van der Waals surface area contributed by atoms with Crippen LogP contribution in [0.3, 0.4) is 0 Å². The summed E-state index contributed by atoms with van der Waals surface area (Å²) in [6.45, 7) is 1.64. The molecule has 100 valence electrons. The lowest BCUT2D eigenvalue weighted by molar-refractivity contribution is -0.120. The third kappa shape index (κ3) is 3.04. The summed E-state index contributed by atoms with van der Waals surface area (Å²) in [4.78, 5) is 12.2. The summed E-state index contributed by atoms with van der Waals surface area (Å²) in [6.07, 6.45) is 1.87. The number of nitrogens with one attached hydrogen (secondary N) is 2. The first-order valence-corrected chi connectivity index (χ1v) is 6.35. The van der Waals surface area contributed by atoms with Crippen LogP contribution in [0.1, 0.15) is 18.4 Å². The van der Waals surface area contributed by atoms with Crippen LogP contribution in [-0.2, 0) is 4.79 Å². The van der Waals surface area contributed by atoms with Crippen molar-refractivity contribution >= 4 is 11.6 Å². The summed E-state index contributed by atoms with van der Waals surface area (Å²) < 4.78 is 5.19. The van der Waals surface area contributed by atoms with E-state index in [0.29, 0.717) is 23.5 Å². The standard InChI is InChI=1S/C14H17N3O2/c1-19-12-6-2-4-10(8-15)13(12)17-14(18)11-5-3-7-16-9-11/h2,4,6,11,16H,3,5,7,9H2,1H3,(H,17,18)/t11-/m0/s1. The van der Waals surface area contributed by atoms with E-state index in [1.165, 1.54) is 7.11 Å². The van der Waals surface area contributed by atoms with Crippen molar-refractivity contribution in [3.05, 3.63) is 23.8 Å². The molecule has 1 fully saturated rings. The first-order chi connectivity index (χ1) is 9.26. The van der Waals surface area contributed by atoms with Gasteiger partial charge in [-0.3, -0.25) is 4.79 Å².